The van der Waals surface area contributed by atoms with Crippen molar-refractivity contribution in [2.45, 2.75) is 25.8 Å². The van der Waals surface area contributed by atoms with Gasteiger partial charge in [0.1, 0.15) is 0 Å². The SMILES string of the molecule is CC(CCc1ccc2c(c1)OCO2)NCCNC(N)=O. The van der Waals surface area contributed by atoms with E-state index in [2.05, 4.69) is 23.6 Å². The van der Waals surface area contributed by atoms with E-state index >= 15 is 0 Å². The van der Waals surface area contributed by atoms with Crippen LogP contribution < -0.4 is 25.8 Å². The Kier molecular flexibility index (Phi) is 5.06. The lowest BCUT2D eigenvalue weighted by Crippen LogP contribution is -2.38. The number of fused-ring (bicyclic) bond motifs is 1. The molecule has 0 radical (unpaired) electrons. The maximum Gasteiger partial charge on any atom is 0.312 e. The van der Waals surface area contributed by atoms with Gasteiger partial charge in [0.25, 0.3) is 0 Å². The predicted octanol–water partition coefficient (Wildman–Crippen LogP) is 0.994. The van der Waals surface area contributed by atoms with Crippen molar-refractivity contribution in [3.63, 3.8) is 0 Å². The Morgan fingerprint density at radius 2 is 2.15 bits per heavy atom. The van der Waals surface area contributed by atoms with E-state index in [1.807, 2.05) is 12.1 Å². The molecule has 1 atom stereocenters. The summed E-state index contributed by atoms with van der Waals surface area (Å²) in [5.41, 5.74) is 6.22. The highest BCUT2D eigenvalue weighted by molar-refractivity contribution is 5.71. The molecule has 110 valence electrons. The number of aryl methyl sites for hydroxylation is 1. The molecule has 0 saturated carbocycles. The molecule has 4 N–H and O–H groups in total. The summed E-state index contributed by atoms with van der Waals surface area (Å²) in [7, 11) is 0. The minimum atomic E-state index is -0.486. The van der Waals surface area contributed by atoms with Crippen LogP contribution in [0.3, 0.4) is 0 Å². The molecule has 6 heteroatoms. The van der Waals surface area contributed by atoms with E-state index in [-0.39, 0.29) is 0 Å². The van der Waals surface area contributed by atoms with Gasteiger partial charge in [0, 0.05) is 19.1 Å². The zero-order valence-corrected chi connectivity index (χ0v) is 11.6. The highest BCUT2D eigenvalue weighted by Gasteiger charge is 2.13. The second-order valence-electron chi connectivity index (χ2n) is 4.87. The molecule has 0 aliphatic carbocycles. The van der Waals surface area contributed by atoms with Gasteiger partial charge < -0.3 is 25.8 Å². The van der Waals surface area contributed by atoms with Gasteiger partial charge in [-0.1, -0.05) is 6.07 Å². The molecule has 20 heavy (non-hydrogen) atoms. The lowest BCUT2D eigenvalue weighted by molar-refractivity contribution is 0.174. The molecule has 0 aromatic heterocycles. The molecule has 1 aliphatic heterocycles. The lowest BCUT2D eigenvalue weighted by atomic mass is 10.1. The number of rotatable bonds is 7. The van der Waals surface area contributed by atoms with Gasteiger partial charge in [0.2, 0.25) is 6.79 Å². The minimum Gasteiger partial charge on any atom is -0.454 e. The highest BCUT2D eigenvalue weighted by Crippen LogP contribution is 2.32. The number of nitrogens with two attached hydrogens (primary N) is 1. The Bertz CT molecular complexity index is 465. The monoisotopic (exact) mass is 279 g/mol. The van der Waals surface area contributed by atoms with Gasteiger partial charge in [-0.15, -0.1) is 0 Å². The van der Waals surface area contributed by atoms with E-state index in [1.165, 1.54) is 5.56 Å². The molecule has 6 nitrogen and oxygen atoms in total. The molecule has 1 heterocycles. The zero-order valence-electron chi connectivity index (χ0n) is 11.6. The van der Waals surface area contributed by atoms with Gasteiger partial charge in [0.05, 0.1) is 0 Å². The smallest absolute Gasteiger partial charge is 0.312 e. The van der Waals surface area contributed by atoms with Crippen LogP contribution in [-0.2, 0) is 6.42 Å². The molecule has 0 bridgehead atoms. The third-order valence-corrected chi connectivity index (χ3v) is 3.22. The largest absolute Gasteiger partial charge is 0.454 e. The first-order valence-corrected chi connectivity index (χ1v) is 6.80. The second kappa shape index (κ2) is 7.00. The number of ether oxygens (including phenoxy) is 2. The second-order valence-corrected chi connectivity index (χ2v) is 4.87. The third-order valence-electron chi connectivity index (χ3n) is 3.22. The molecule has 0 saturated heterocycles. The van der Waals surface area contributed by atoms with Gasteiger partial charge in [0.15, 0.2) is 11.5 Å². The zero-order chi connectivity index (χ0) is 14.4. The lowest BCUT2D eigenvalue weighted by Gasteiger charge is -2.14. The molecule has 1 aromatic rings. The average molecular weight is 279 g/mol. The summed E-state index contributed by atoms with van der Waals surface area (Å²) in [6.45, 7) is 3.69. The number of nitrogens with one attached hydrogen (secondary N) is 2. The van der Waals surface area contributed by atoms with Gasteiger partial charge >= 0.3 is 6.03 Å². The van der Waals surface area contributed by atoms with E-state index in [0.29, 0.717) is 25.9 Å². The fourth-order valence-electron chi connectivity index (χ4n) is 2.09. The standard InChI is InChI=1S/C14H21N3O3/c1-10(16-6-7-17-14(15)18)2-3-11-4-5-12-13(8-11)20-9-19-12/h4-5,8,10,16H,2-3,6-7,9H2,1H3,(H3,15,17,18). The topological polar surface area (TPSA) is 85.6 Å². The van der Waals surface area contributed by atoms with Crippen LogP contribution in [0.25, 0.3) is 0 Å². The van der Waals surface area contributed by atoms with E-state index in [1.54, 1.807) is 0 Å². The van der Waals surface area contributed by atoms with Crippen LogP contribution in [0.1, 0.15) is 18.9 Å². The van der Waals surface area contributed by atoms with Crippen molar-refractivity contribution in [2.75, 3.05) is 19.9 Å². The van der Waals surface area contributed by atoms with E-state index in [4.69, 9.17) is 15.2 Å². The summed E-state index contributed by atoms with van der Waals surface area (Å²) < 4.78 is 10.6. The minimum absolute atomic E-state index is 0.309. The first-order chi connectivity index (χ1) is 9.65. The highest BCUT2D eigenvalue weighted by atomic mass is 16.7. The average Bonchev–Trinajstić information content (AvgIpc) is 2.88. The summed E-state index contributed by atoms with van der Waals surface area (Å²) in [4.78, 5) is 10.5. The van der Waals surface area contributed by atoms with Crippen LogP contribution in [0.2, 0.25) is 0 Å². The summed E-state index contributed by atoms with van der Waals surface area (Å²) in [6, 6.07) is 5.93. The number of benzene rings is 1. The molecule has 2 rings (SSSR count). The Balaban J connectivity index is 1.68. The number of hydrogen-bond donors (Lipinski definition) is 3. The van der Waals surface area contributed by atoms with Crippen molar-refractivity contribution in [3.8, 4) is 11.5 Å². The van der Waals surface area contributed by atoms with Crippen molar-refractivity contribution in [3.05, 3.63) is 23.8 Å². The third kappa shape index (κ3) is 4.31. The van der Waals surface area contributed by atoms with Gasteiger partial charge in [-0.3, -0.25) is 0 Å². The summed E-state index contributed by atoms with van der Waals surface area (Å²) in [5.74, 6) is 1.64. The summed E-state index contributed by atoms with van der Waals surface area (Å²) in [5, 5.41) is 5.88. The van der Waals surface area contributed by atoms with Crippen molar-refractivity contribution in [2.24, 2.45) is 5.73 Å². The van der Waals surface area contributed by atoms with E-state index in [9.17, 15) is 4.79 Å². The Hall–Kier alpha value is -1.95. The maximum atomic E-state index is 10.5. The summed E-state index contributed by atoms with van der Waals surface area (Å²) >= 11 is 0. The number of amides is 2. The Labute approximate surface area is 118 Å². The molecule has 1 aromatic carbocycles. The fraction of sp³-hybridized carbons (Fsp3) is 0.500. The van der Waals surface area contributed by atoms with Crippen molar-refractivity contribution >= 4 is 6.03 Å². The van der Waals surface area contributed by atoms with Crippen LogP contribution >= 0.6 is 0 Å². The van der Waals surface area contributed by atoms with E-state index < -0.39 is 6.03 Å². The van der Waals surface area contributed by atoms with Gasteiger partial charge in [-0.25, -0.2) is 4.79 Å². The normalized spacial score (nSPS) is 14.1. The Morgan fingerprint density at radius 1 is 1.35 bits per heavy atom. The molecule has 0 spiro atoms. The predicted molar refractivity (Wildman–Crippen MR) is 75.9 cm³/mol. The molecular weight excluding hydrogens is 258 g/mol. The number of primary amides is 1. The van der Waals surface area contributed by atoms with Crippen LogP contribution in [0, 0.1) is 0 Å². The van der Waals surface area contributed by atoms with Crippen molar-refractivity contribution < 1.29 is 14.3 Å². The van der Waals surface area contributed by atoms with E-state index in [0.717, 1.165) is 24.3 Å². The summed E-state index contributed by atoms with van der Waals surface area (Å²) in [6.07, 6.45) is 1.98. The quantitative estimate of drug-likeness (QED) is 0.650. The first-order valence-electron chi connectivity index (χ1n) is 6.80. The molecule has 0 fully saturated rings. The number of urea groups is 1. The van der Waals surface area contributed by atoms with Crippen LogP contribution in [-0.4, -0.2) is 32.0 Å². The van der Waals surface area contributed by atoms with Crippen LogP contribution in [0.4, 0.5) is 4.79 Å². The molecule has 1 unspecified atom stereocenters. The number of carbonyl (C=O) groups excluding carboxylic acids is 1. The maximum absolute atomic E-state index is 10.5. The van der Waals surface area contributed by atoms with Gasteiger partial charge in [-0.2, -0.15) is 0 Å². The van der Waals surface area contributed by atoms with Crippen molar-refractivity contribution in [1.82, 2.24) is 10.6 Å². The molecule has 2 amide bonds. The molecular formula is C14H21N3O3. The first kappa shape index (κ1) is 14.5. The van der Waals surface area contributed by atoms with Crippen LogP contribution in [0.5, 0.6) is 11.5 Å². The number of carbonyl (C=O) groups is 1. The van der Waals surface area contributed by atoms with Crippen molar-refractivity contribution in [1.29, 1.82) is 0 Å². The molecule has 1 aliphatic rings. The van der Waals surface area contributed by atoms with Gasteiger partial charge in [-0.05, 0) is 37.5 Å². The number of hydrogen-bond acceptors (Lipinski definition) is 4. The fourth-order valence-corrected chi connectivity index (χ4v) is 2.09. The Morgan fingerprint density at radius 3 is 2.95 bits per heavy atom. The van der Waals surface area contributed by atoms with Crippen LogP contribution in [0.15, 0.2) is 18.2 Å².